The first-order valence-corrected chi connectivity index (χ1v) is 7.75. The normalized spacial score (nSPS) is 10.9. The van der Waals surface area contributed by atoms with Crippen LogP contribution in [-0.2, 0) is 0 Å². The SMILES string of the molecule is COc1cc(C=CC(=O)c2ccc(F)cc2Br)cc(Br)c1O. The van der Waals surface area contributed by atoms with Crippen LogP contribution < -0.4 is 4.74 Å². The number of benzene rings is 2. The van der Waals surface area contributed by atoms with Gasteiger partial charge in [0.25, 0.3) is 0 Å². The van der Waals surface area contributed by atoms with E-state index < -0.39 is 5.82 Å². The fourth-order valence-electron chi connectivity index (χ4n) is 1.80. The van der Waals surface area contributed by atoms with Crippen molar-refractivity contribution < 1.29 is 19.0 Å². The molecule has 0 heterocycles. The van der Waals surface area contributed by atoms with Crippen molar-refractivity contribution in [2.45, 2.75) is 0 Å². The number of carbonyl (C=O) groups excluding carboxylic acids is 1. The molecule has 2 rings (SSSR count). The van der Waals surface area contributed by atoms with E-state index in [1.165, 1.54) is 31.4 Å². The Hall–Kier alpha value is -1.66. The average Bonchev–Trinajstić information content (AvgIpc) is 2.48. The van der Waals surface area contributed by atoms with Gasteiger partial charge in [-0.05, 0) is 73.8 Å². The van der Waals surface area contributed by atoms with Crippen molar-refractivity contribution in [3.05, 3.63) is 62.3 Å². The van der Waals surface area contributed by atoms with Crippen LogP contribution in [0.2, 0.25) is 0 Å². The third kappa shape index (κ3) is 3.75. The van der Waals surface area contributed by atoms with Gasteiger partial charge in [-0.2, -0.15) is 0 Å². The Bertz CT molecular complexity index is 757. The van der Waals surface area contributed by atoms with Gasteiger partial charge >= 0.3 is 0 Å². The molecule has 0 atom stereocenters. The molecule has 3 nitrogen and oxygen atoms in total. The number of ether oxygens (including phenoxy) is 1. The first-order valence-electron chi connectivity index (χ1n) is 6.16. The van der Waals surface area contributed by atoms with Crippen LogP contribution in [0.1, 0.15) is 15.9 Å². The number of phenols is 1. The lowest BCUT2D eigenvalue weighted by molar-refractivity contribution is 0.104. The molecule has 0 aliphatic heterocycles. The number of halogens is 3. The highest BCUT2D eigenvalue weighted by atomic mass is 79.9. The van der Waals surface area contributed by atoms with Gasteiger partial charge in [0, 0.05) is 10.0 Å². The number of rotatable bonds is 4. The van der Waals surface area contributed by atoms with Crippen LogP contribution in [0.4, 0.5) is 4.39 Å². The molecule has 2 aromatic rings. The molecule has 0 aliphatic rings. The number of hydrogen-bond acceptors (Lipinski definition) is 3. The molecule has 0 saturated heterocycles. The van der Waals surface area contributed by atoms with Gasteiger partial charge in [-0.1, -0.05) is 6.08 Å². The van der Waals surface area contributed by atoms with Gasteiger partial charge in [0.15, 0.2) is 17.3 Å². The summed E-state index contributed by atoms with van der Waals surface area (Å²) < 4.78 is 18.9. The highest BCUT2D eigenvalue weighted by molar-refractivity contribution is 9.10. The number of carbonyl (C=O) groups is 1. The van der Waals surface area contributed by atoms with E-state index in [1.54, 1.807) is 18.2 Å². The molecule has 2 aromatic carbocycles. The molecule has 0 aromatic heterocycles. The maximum absolute atomic E-state index is 13.0. The van der Waals surface area contributed by atoms with Crippen LogP contribution in [0.15, 0.2) is 45.4 Å². The summed E-state index contributed by atoms with van der Waals surface area (Å²) in [7, 11) is 1.44. The number of allylic oxidation sites excluding steroid dienone is 1. The molecule has 0 spiro atoms. The minimum absolute atomic E-state index is 0.00717. The smallest absolute Gasteiger partial charge is 0.186 e. The number of ketones is 1. The monoisotopic (exact) mass is 428 g/mol. The zero-order chi connectivity index (χ0) is 16.3. The van der Waals surface area contributed by atoms with Crippen molar-refractivity contribution in [2.75, 3.05) is 7.11 Å². The molecule has 0 amide bonds. The van der Waals surface area contributed by atoms with Gasteiger partial charge in [-0.15, -0.1) is 0 Å². The van der Waals surface area contributed by atoms with Gasteiger partial charge in [0.2, 0.25) is 0 Å². The van der Waals surface area contributed by atoms with Crippen LogP contribution >= 0.6 is 31.9 Å². The van der Waals surface area contributed by atoms with E-state index in [-0.39, 0.29) is 11.5 Å². The maximum atomic E-state index is 13.0. The van der Waals surface area contributed by atoms with E-state index in [9.17, 15) is 14.3 Å². The Labute approximate surface area is 143 Å². The average molecular weight is 430 g/mol. The van der Waals surface area contributed by atoms with Crippen LogP contribution in [0.5, 0.6) is 11.5 Å². The lowest BCUT2D eigenvalue weighted by Gasteiger charge is -2.06. The standard InChI is InChI=1S/C16H11Br2FO3/c1-22-15-7-9(6-13(18)16(15)21)2-5-14(20)11-4-3-10(19)8-12(11)17/h2-8,21H,1H3. The lowest BCUT2D eigenvalue weighted by atomic mass is 10.1. The fourth-order valence-corrected chi connectivity index (χ4v) is 2.80. The second-order valence-corrected chi connectivity index (χ2v) is 6.08. The number of hydrogen-bond donors (Lipinski definition) is 1. The van der Waals surface area contributed by atoms with Crippen LogP contribution in [0.25, 0.3) is 6.08 Å². The Balaban J connectivity index is 2.28. The number of phenolic OH excluding ortho intramolecular Hbond substituents is 1. The summed E-state index contributed by atoms with van der Waals surface area (Å²) >= 11 is 6.37. The van der Waals surface area contributed by atoms with Crippen LogP contribution in [0, 0.1) is 5.82 Å². The zero-order valence-corrected chi connectivity index (χ0v) is 14.6. The molecule has 0 unspecified atom stereocenters. The summed E-state index contributed by atoms with van der Waals surface area (Å²) in [5.41, 5.74) is 1.04. The fraction of sp³-hybridized carbons (Fsp3) is 0.0625. The van der Waals surface area contributed by atoms with Gasteiger partial charge in [-0.25, -0.2) is 4.39 Å². The Morgan fingerprint density at radius 3 is 2.59 bits per heavy atom. The zero-order valence-electron chi connectivity index (χ0n) is 11.4. The maximum Gasteiger partial charge on any atom is 0.186 e. The number of aromatic hydroxyl groups is 1. The minimum atomic E-state index is -0.417. The van der Waals surface area contributed by atoms with Crippen molar-refractivity contribution in [1.82, 2.24) is 0 Å². The topological polar surface area (TPSA) is 46.5 Å². The van der Waals surface area contributed by atoms with Gasteiger partial charge < -0.3 is 9.84 Å². The van der Waals surface area contributed by atoms with E-state index in [0.717, 1.165) is 0 Å². The molecule has 0 bridgehead atoms. The molecule has 0 aliphatic carbocycles. The third-order valence-corrected chi connectivity index (χ3v) is 4.16. The van der Waals surface area contributed by atoms with Crippen molar-refractivity contribution >= 4 is 43.7 Å². The van der Waals surface area contributed by atoms with Crippen molar-refractivity contribution in [3.63, 3.8) is 0 Å². The van der Waals surface area contributed by atoms with E-state index in [0.29, 0.717) is 25.8 Å². The van der Waals surface area contributed by atoms with Crippen molar-refractivity contribution in [3.8, 4) is 11.5 Å². The summed E-state index contributed by atoms with van der Waals surface area (Å²) in [6.45, 7) is 0. The Morgan fingerprint density at radius 2 is 1.95 bits per heavy atom. The predicted molar refractivity (Wildman–Crippen MR) is 89.8 cm³/mol. The summed E-state index contributed by atoms with van der Waals surface area (Å²) in [4.78, 5) is 12.1. The number of methoxy groups -OCH3 is 1. The van der Waals surface area contributed by atoms with E-state index in [1.807, 2.05) is 0 Å². The van der Waals surface area contributed by atoms with Crippen LogP contribution in [-0.4, -0.2) is 18.0 Å². The van der Waals surface area contributed by atoms with E-state index in [4.69, 9.17) is 4.74 Å². The quantitative estimate of drug-likeness (QED) is 0.551. The predicted octanol–water partition coefficient (Wildman–Crippen LogP) is 4.96. The summed E-state index contributed by atoms with van der Waals surface area (Å²) in [5, 5.41) is 9.74. The van der Waals surface area contributed by atoms with Crippen LogP contribution in [0.3, 0.4) is 0 Å². The van der Waals surface area contributed by atoms with Crippen molar-refractivity contribution in [2.24, 2.45) is 0 Å². The molecule has 22 heavy (non-hydrogen) atoms. The Kier molecular flexibility index (Phi) is 5.37. The molecular formula is C16H11Br2FO3. The van der Waals surface area contributed by atoms with Gasteiger partial charge in [0.05, 0.1) is 11.6 Å². The van der Waals surface area contributed by atoms with E-state index in [2.05, 4.69) is 31.9 Å². The first-order chi connectivity index (χ1) is 10.4. The Morgan fingerprint density at radius 1 is 1.23 bits per heavy atom. The largest absolute Gasteiger partial charge is 0.503 e. The summed E-state index contributed by atoms with van der Waals surface area (Å²) in [5.74, 6) is -0.397. The molecule has 114 valence electrons. The minimum Gasteiger partial charge on any atom is -0.503 e. The third-order valence-electron chi connectivity index (χ3n) is 2.89. The lowest BCUT2D eigenvalue weighted by Crippen LogP contribution is -1.96. The second-order valence-electron chi connectivity index (χ2n) is 4.38. The molecule has 6 heteroatoms. The first kappa shape index (κ1) is 16.7. The summed E-state index contributed by atoms with van der Waals surface area (Å²) in [6, 6.07) is 7.14. The molecule has 1 N–H and O–H groups in total. The highest BCUT2D eigenvalue weighted by Gasteiger charge is 2.10. The molecule has 0 saturated carbocycles. The molecule has 0 fully saturated rings. The van der Waals surface area contributed by atoms with Gasteiger partial charge in [-0.3, -0.25) is 4.79 Å². The van der Waals surface area contributed by atoms with Gasteiger partial charge in [0.1, 0.15) is 5.82 Å². The molecular weight excluding hydrogens is 419 g/mol. The van der Waals surface area contributed by atoms with E-state index >= 15 is 0 Å². The summed E-state index contributed by atoms with van der Waals surface area (Å²) in [6.07, 6.45) is 2.96. The second kappa shape index (κ2) is 7.07. The highest BCUT2D eigenvalue weighted by Crippen LogP contribution is 2.35. The van der Waals surface area contributed by atoms with Crippen molar-refractivity contribution in [1.29, 1.82) is 0 Å². The molecule has 0 radical (unpaired) electrons.